The zero-order chi connectivity index (χ0) is 13.1. The molecule has 8 nitrogen and oxygen atoms in total. The smallest absolute Gasteiger partial charge is 0.269 e. The Hall–Kier alpha value is -2.64. The number of nitro benzene ring substituents is 1. The lowest BCUT2D eigenvalue weighted by Crippen LogP contribution is -2.09. The van der Waals surface area contributed by atoms with Crippen LogP contribution in [-0.2, 0) is 11.3 Å². The number of tetrazole rings is 1. The van der Waals surface area contributed by atoms with Crippen LogP contribution in [0, 0.1) is 10.1 Å². The van der Waals surface area contributed by atoms with Gasteiger partial charge in [-0.2, -0.15) is 4.80 Å². The topological polar surface area (TPSA) is 104 Å². The predicted octanol–water partition coefficient (Wildman–Crippen LogP) is 0.837. The van der Waals surface area contributed by atoms with Crippen molar-refractivity contribution in [3.63, 3.8) is 0 Å². The van der Waals surface area contributed by atoms with Crippen LogP contribution in [0.2, 0.25) is 0 Å². The first-order valence-corrected chi connectivity index (χ1v) is 5.08. The standard InChI is InChI=1S/C10H9N5O3/c1-7(16)6-14-12-10(11-13-14)8-2-4-9(5-3-8)15(17)18/h2-5H,6H2,1H3. The van der Waals surface area contributed by atoms with Crippen molar-refractivity contribution in [3.05, 3.63) is 34.4 Å². The summed E-state index contributed by atoms with van der Waals surface area (Å²) in [4.78, 5) is 22.1. The lowest BCUT2D eigenvalue weighted by Gasteiger charge is -1.94. The average molecular weight is 247 g/mol. The molecule has 0 saturated heterocycles. The zero-order valence-electron chi connectivity index (χ0n) is 9.48. The van der Waals surface area contributed by atoms with Crippen LogP contribution in [0.5, 0.6) is 0 Å². The molecule has 92 valence electrons. The van der Waals surface area contributed by atoms with E-state index in [4.69, 9.17) is 0 Å². The molecule has 0 spiro atoms. The normalized spacial score (nSPS) is 10.3. The molecule has 0 fully saturated rings. The van der Waals surface area contributed by atoms with E-state index in [9.17, 15) is 14.9 Å². The van der Waals surface area contributed by atoms with Crippen molar-refractivity contribution in [1.29, 1.82) is 0 Å². The van der Waals surface area contributed by atoms with Gasteiger partial charge in [-0.1, -0.05) is 0 Å². The van der Waals surface area contributed by atoms with Crippen LogP contribution in [0.4, 0.5) is 5.69 Å². The average Bonchev–Trinajstić information content (AvgIpc) is 2.76. The van der Waals surface area contributed by atoms with Gasteiger partial charge in [-0.3, -0.25) is 14.9 Å². The second-order valence-electron chi connectivity index (χ2n) is 3.65. The maximum absolute atomic E-state index is 10.9. The van der Waals surface area contributed by atoms with Crippen LogP contribution in [0.25, 0.3) is 11.4 Å². The molecule has 0 aliphatic heterocycles. The Balaban J connectivity index is 2.23. The SMILES string of the molecule is CC(=O)Cn1nnc(-c2ccc([N+](=O)[O-])cc2)n1. The Labute approximate surface area is 101 Å². The fraction of sp³-hybridized carbons (Fsp3) is 0.200. The van der Waals surface area contributed by atoms with Gasteiger partial charge in [0.1, 0.15) is 6.54 Å². The molecule has 18 heavy (non-hydrogen) atoms. The molecule has 1 aromatic heterocycles. The van der Waals surface area contributed by atoms with Gasteiger partial charge in [0.2, 0.25) is 5.82 Å². The van der Waals surface area contributed by atoms with Crippen molar-refractivity contribution in [3.8, 4) is 11.4 Å². The molecule has 1 heterocycles. The highest BCUT2D eigenvalue weighted by molar-refractivity contribution is 5.75. The summed E-state index contributed by atoms with van der Waals surface area (Å²) in [6.45, 7) is 1.48. The number of rotatable bonds is 4. The van der Waals surface area contributed by atoms with E-state index in [-0.39, 0.29) is 18.0 Å². The summed E-state index contributed by atoms with van der Waals surface area (Å²) in [5, 5.41) is 22.0. The predicted molar refractivity (Wildman–Crippen MR) is 60.6 cm³/mol. The number of nitrogens with zero attached hydrogens (tertiary/aromatic N) is 5. The van der Waals surface area contributed by atoms with Crippen molar-refractivity contribution in [2.24, 2.45) is 0 Å². The summed E-state index contributed by atoms with van der Waals surface area (Å²) in [7, 11) is 0. The lowest BCUT2D eigenvalue weighted by molar-refractivity contribution is -0.384. The van der Waals surface area contributed by atoms with Gasteiger partial charge in [-0.05, 0) is 24.3 Å². The van der Waals surface area contributed by atoms with Gasteiger partial charge < -0.3 is 0 Å². The Morgan fingerprint density at radius 3 is 2.61 bits per heavy atom. The minimum Gasteiger partial charge on any atom is -0.298 e. The number of aromatic nitrogens is 4. The van der Waals surface area contributed by atoms with Gasteiger partial charge >= 0.3 is 0 Å². The van der Waals surface area contributed by atoms with Gasteiger partial charge in [0.25, 0.3) is 5.69 Å². The van der Waals surface area contributed by atoms with Crippen LogP contribution in [0.1, 0.15) is 6.92 Å². The van der Waals surface area contributed by atoms with Gasteiger partial charge in [-0.15, -0.1) is 10.2 Å². The fourth-order valence-corrected chi connectivity index (χ4v) is 1.36. The number of hydrogen-bond acceptors (Lipinski definition) is 6. The van der Waals surface area contributed by atoms with E-state index in [0.29, 0.717) is 11.4 Å². The maximum atomic E-state index is 10.9. The molecule has 0 amide bonds. The third-order valence-corrected chi connectivity index (χ3v) is 2.15. The molecule has 0 bridgehead atoms. The molecule has 2 rings (SSSR count). The van der Waals surface area contributed by atoms with Crippen LogP contribution in [-0.4, -0.2) is 30.9 Å². The molecule has 8 heteroatoms. The van der Waals surface area contributed by atoms with Gasteiger partial charge in [0.05, 0.1) is 4.92 Å². The minimum absolute atomic E-state index is 0.00474. The first-order valence-electron chi connectivity index (χ1n) is 5.08. The molecule has 0 N–H and O–H groups in total. The molecular weight excluding hydrogens is 238 g/mol. The number of hydrogen-bond donors (Lipinski definition) is 0. The second-order valence-corrected chi connectivity index (χ2v) is 3.65. The highest BCUT2D eigenvalue weighted by Gasteiger charge is 2.09. The van der Waals surface area contributed by atoms with E-state index in [1.165, 1.54) is 36.0 Å². The third-order valence-electron chi connectivity index (χ3n) is 2.15. The first-order chi connectivity index (χ1) is 8.56. The number of carbonyl (C=O) groups is 1. The Bertz CT molecular complexity index is 590. The van der Waals surface area contributed by atoms with E-state index in [2.05, 4.69) is 15.4 Å². The summed E-state index contributed by atoms with van der Waals surface area (Å²) in [6.07, 6.45) is 0. The van der Waals surface area contributed by atoms with E-state index >= 15 is 0 Å². The van der Waals surface area contributed by atoms with Crippen LogP contribution in [0.15, 0.2) is 24.3 Å². The van der Waals surface area contributed by atoms with Crippen molar-refractivity contribution in [2.45, 2.75) is 13.5 Å². The number of nitro groups is 1. The van der Waals surface area contributed by atoms with Crippen LogP contribution >= 0.6 is 0 Å². The Morgan fingerprint density at radius 1 is 1.39 bits per heavy atom. The van der Waals surface area contributed by atoms with E-state index in [0.717, 1.165) is 0 Å². The number of Topliss-reactive ketones (excluding diaryl/α,β-unsaturated/α-hetero) is 1. The summed E-state index contributed by atoms with van der Waals surface area (Å²) in [5.41, 5.74) is 0.602. The zero-order valence-corrected chi connectivity index (χ0v) is 9.48. The summed E-state index contributed by atoms with van der Waals surface area (Å²) < 4.78 is 0. The Morgan fingerprint density at radius 2 is 2.06 bits per heavy atom. The molecule has 0 aliphatic rings. The van der Waals surface area contributed by atoms with Crippen molar-refractivity contribution < 1.29 is 9.72 Å². The monoisotopic (exact) mass is 247 g/mol. The lowest BCUT2D eigenvalue weighted by atomic mass is 10.2. The second kappa shape index (κ2) is 4.70. The van der Waals surface area contributed by atoms with Crippen molar-refractivity contribution >= 4 is 11.5 Å². The molecule has 1 aromatic carbocycles. The minimum atomic E-state index is -0.482. The van der Waals surface area contributed by atoms with Gasteiger partial charge in [0, 0.05) is 17.7 Å². The summed E-state index contributed by atoms with van der Waals surface area (Å²) >= 11 is 0. The molecule has 0 unspecified atom stereocenters. The molecule has 0 aliphatic carbocycles. The number of non-ortho nitro benzene ring substituents is 1. The number of benzene rings is 1. The number of ketones is 1. The summed E-state index contributed by atoms with van der Waals surface area (Å²) in [6, 6.07) is 5.79. The highest BCUT2D eigenvalue weighted by Crippen LogP contribution is 2.18. The van der Waals surface area contributed by atoms with E-state index in [1.54, 1.807) is 0 Å². The Kier molecular flexibility index (Phi) is 3.09. The van der Waals surface area contributed by atoms with Crippen molar-refractivity contribution in [2.75, 3.05) is 0 Å². The third kappa shape index (κ3) is 2.54. The quantitative estimate of drug-likeness (QED) is 0.585. The first kappa shape index (κ1) is 11.8. The highest BCUT2D eigenvalue weighted by atomic mass is 16.6. The van der Waals surface area contributed by atoms with E-state index < -0.39 is 4.92 Å². The van der Waals surface area contributed by atoms with Gasteiger partial charge in [-0.25, -0.2) is 0 Å². The molecule has 0 radical (unpaired) electrons. The van der Waals surface area contributed by atoms with Crippen LogP contribution in [0.3, 0.4) is 0 Å². The molecular formula is C10H9N5O3. The van der Waals surface area contributed by atoms with Crippen LogP contribution < -0.4 is 0 Å². The fourth-order valence-electron chi connectivity index (χ4n) is 1.36. The summed E-state index contributed by atoms with van der Waals surface area (Å²) in [5.74, 6) is 0.244. The molecule has 2 aromatic rings. The largest absolute Gasteiger partial charge is 0.298 e. The molecule has 0 atom stereocenters. The number of carbonyl (C=O) groups excluding carboxylic acids is 1. The van der Waals surface area contributed by atoms with Crippen molar-refractivity contribution in [1.82, 2.24) is 20.2 Å². The molecule has 0 saturated carbocycles. The van der Waals surface area contributed by atoms with Gasteiger partial charge in [0.15, 0.2) is 5.78 Å². The maximum Gasteiger partial charge on any atom is 0.269 e. The van der Waals surface area contributed by atoms with E-state index in [1.807, 2.05) is 0 Å².